The number of hydrogen-bond donors (Lipinski definition) is 0. The van der Waals surface area contributed by atoms with Gasteiger partial charge < -0.3 is 0 Å². The first-order valence-corrected chi connectivity index (χ1v) is 15.3. The predicted octanol–water partition coefficient (Wildman–Crippen LogP) is 7.91. The Morgan fingerprint density at radius 2 is 0.312 bits per heavy atom. The van der Waals surface area contributed by atoms with Crippen LogP contribution in [0.4, 0.5) is 0 Å². The summed E-state index contributed by atoms with van der Waals surface area (Å²) in [6.45, 7) is 0. The van der Waals surface area contributed by atoms with E-state index < -0.39 is 0 Å². The second-order valence-electron chi connectivity index (χ2n) is 10.7. The van der Waals surface area contributed by atoms with Gasteiger partial charge in [-0.2, -0.15) is 0 Å². The van der Waals surface area contributed by atoms with Crippen LogP contribution in [0.25, 0.3) is 80.2 Å². The van der Waals surface area contributed by atoms with Crippen molar-refractivity contribution in [2.24, 2.45) is 0 Å². The average molecular weight is 620 g/mol. The van der Waals surface area contributed by atoms with Crippen LogP contribution in [0.2, 0.25) is 0 Å². The predicted molar refractivity (Wildman–Crippen MR) is 185 cm³/mol. The van der Waals surface area contributed by atoms with Crippen molar-refractivity contribution in [3.63, 3.8) is 0 Å². The SMILES string of the molecule is c1ccc(-c2nc(-c3ccccc3)nc(-c3nc(-c4ccccc4)nc(-c4nc(-c5ccccc5)nc(-c5ccccc5)n4)n3)n2)cc1. The van der Waals surface area contributed by atoms with Crippen LogP contribution in [0.5, 0.6) is 0 Å². The molecule has 8 rings (SSSR count). The summed E-state index contributed by atoms with van der Waals surface area (Å²) in [5.41, 5.74) is 4.16. The molecule has 0 bridgehead atoms. The Kier molecular flexibility index (Phi) is 7.66. The lowest BCUT2D eigenvalue weighted by atomic mass is 10.2. The van der Waals surface area contributed by atoms with E-state index in [9.17, 15) is 0 Å². The molecule has 3 heterocycles. The lowest BCUT2D eigenvalue weighted by molar-refractivity contribution is 0.978. The summed E-state index contributed by atoms with van der Waals surface area (Å²) in [6, 6.07) is 48.8. The molecule has 0 atom stereocenters. The molecule has 0 aliphatic rings. The number of nitrogens with zero attached hydrogens (tertiary/aromatic N) is 9. The van der Waals surface area contributed by atoms with Crippen molar-refractivity contribution in [2.45, 2.75) is 0 Å². The average Bonchev–Trinajstić information content (AvgIpc) is 3.19. The highest BCUT2D eigenvalue weighted by Gasteiger charge is 2.20. The third-order valence-corrected chi connectivity index (χ3v) is 7.47. The van der Waals surface area contributed by atoms with E-state index in [0.717, 1.165) is 27.8 Å². The van der Waals surface area contributed by atoms with Crippen LogP contribution in [0.15, 0.2) is 152 Å². The molecule has 0 radical (unpaired) electrons. The molecule has 0 saturated heterocycles. The molecule has 0 saturated carbocycles. The minimum atomic E-state index is 0.263. The Hall–Kier alpha value is -6.87. The summed E-state index contributed by atoms with van der Waals surface area (Å²) < 4.78 is 0. The molecule has 0 aliphatic carbocycles. The maximum absolute atomic E-state index is 4.91. The molecule has 0 fully saturated rings. The maximum atomic E-state index is 4.91. The van der Waals surface area contributed by atoms with E-state index >= 15 is 0 Å². The van der Waals surface area contributed by atoms with Crippen LogP contribution in [0, 0.1) is 0 Å². The van der Waals surface area contributed by atoms with Crippen molar-refractivity contribution >= 4 is 0 Å². The number of rotatable bonds is 7. The smallest absolute Gasteiger partial charge is 0.202 e. The largest absolute Gasteiger partial charge is 0.208 e. The first-order chi connectivity index (χ1) is 23.8. The molecule has 0 N–H and O–H groups in total. The van der Waals surface area contributed by atoms with Crippen molar-refractivity contribution in [1.82, 2.24) is 44.9 Å². The fourth-order valence-electron chi connectivity index (χ4n) is 5.11. The first kappa shape index (κ1) is 28.6. The Labute approximate surface area is 276 Å². The molecule has 3 aromatic heterocycles. The van der Waals surface area contributed by atoms with Gasteiger partial charge in [0, 0.05) is 27.8 Å². The topological polar surface area (TPSA) is 116 Å². The zero-order valence-electron chi connectivity index (χ0n) is 25.5. The van der Waals surface area contributed by atoms with Gasteiger partial charge in [0.1, 0.15) is 0 Å². The maximum Gasteiger partial charge on any atom is 0.202 e. The summed E-state index contributed by atoms with van der Waals surface area (Å²) >= 11 is 0. The number of hydrogen-bond acceptors (Lipinski definition) is 9. The Bertz CT molecular complexity index is 2060. The van der Waals surface area contributed by atoms with Crippen molar-refractivity contribution in [2.75, 3.05) is 0 Å². The van der Waals surface area contributed by atoms with Crippen LogP contribution in [-0.4, -0.2) is 44.9 Å². The molecular weight excluding hydrogens is 594 g/mol. The second kappa shape index (κ2) is 12.9. The molecule has 5 aromatic carbocycles. The van der Waals surface area contributed by atoms with Crippen LogP contribution >= 0.6 is 0 Å². The normalized spacial score (nSPS) is 10.9. The van der Waals surface area contributed by atoms with Gasteiger partial charge >= 0.3 is 0 Å². The van der Waals surface area contributed by atoms with E-state index in [2.05, 4.69) is 0 Å². The molecule has 226 valence electrons. The summed E-state index contributed by atoms with van der Waals surface area (Å²) in [6.07, 6.45) is 0. The lowest BCUT2D eigenvalue weighted by Gasteiger charge is -2.11. The summed E-state index contributed by atoms with van der Waals surface area (Å²) in [5.74, 6) is 3.55. The highest BCUT2D eigenvalue weighted by Crippen LogP contribution is 2.28. The lowest BCUT2D eigenvalue weighted by Crippen LogP contribution is -2.08. The van der Waals surface area contributed by atoms with Gasteiger partial charge in [0.25, 0.3) is 0 Å². The standard InChI is InChI=1S/C39H25N9/c1-6-16-26(17-7-1)31-40-32(27-18-8-2-9-19-27)43-36(42-31)38-46-35(30-24-14-5-15-25-30)47-39(48-38)37-44-33(28-20-10-3-11-21-28)41-34(45-37)29-22-12-4-13-23-29/h1-25H. The minimum absolute atomic E-state index is 0.263. The molecule has 9 nitrogen and oxygen atoms in total. The second-order valence-corrected chi connectivity index (χ2v) is 10.7. The van der Waals surface area contributed by atoms with Crippen molar-refractivity contribution in [1.29, 1.82) is 0 Å². The number of benzene rings is 5. The van der Waals surface area contributed by atoms with E-state index in [1.807, 2.05) is 152 Å². The molecule has 0 unspecified atom stereocenters. The van der Waals surface area contributed by atoms with E-state index in [1.165, 1.54) is 0 Å². The molecule has 48 heavy (non-hydrogen) atoms. The molecule has 8 aromatic rings. The minimum Gasteiger partial charge on any atom is -0.208 e. The van der Waals surface area contributed by atoms with Crippen molar-refractivity contribution in [3.05, 3.63) is 152 Å². The van der Waals surface area contributed by atoms with Crippen LogP contribution in [-0.2, 0) is 0 Å². The molecule has 0 aliphatic heterocycles. The third-order valence-electron chi connectivity index (χ3n) is 7.47. The van der Waals surface area contributed by atoms with Crippen molar-refractivity contribution < 1.29 is 0 Å². The fourth-order valence-corrected chi connectivity index (χ4v) is 5.11. The van der Waals surface area contributed by atoms with Gasteiger partial charge in [-0.05, 0) is 0 Å². The van der Waals surface area contributed by atoms with Crippen molar-refractivity contribution in [3.8, 4) is 80.2 Å². The number of aromatic nitrogens is 9. The summed E-state index contributed by atoms with van der Waals surface area (Å²) in [4.78, 5) is 43.8. The summed E-state index contributed by atoms with van der Waals surface area (Å²) in [5, 5.41) is 0. The van der Waals surface area contributed by atoms with E-state index in [-0.39, 0.29) is 11.6 Å². The van der Waals surface area contributed by atoms with Crippen LogP contribution in [0.3, 0.4) is 0 Å². The Morgan fingerprint density at radius 3 is 0.500 bits per heavy atom. The first-order valence-electron chi connectivity index (χ1n) is 15.3. The fraction of sp³-hybridized carbons (Fsp3) is 0. The zero-order valence-corrected chi connectivity index (χ0v) is 25.5. The van der Waals surface area contributed by atoms with Gasteiger partial charge in [0.15, 0.2) is 29.1 Å². The molecule has 9 heteroatoms. The third kappa shape index (κ3) is 6.03. The zero-order chi connectivity index (χ0) is 32.1. The van der Waals surface area contributed by atoms with Crippen LogP contribution in [0.1, 0.15) is 0 Å². The van der Waals surface area contributed by atoms with Gasteiger partial charge in [-0.25, -0.2) is 44.9 Å². The molecule has 0 amide bonds. The van der Waals surface area contributed by atoms with E-state index in [1.54, 1.807) is 0 Å². The molecule has 0 spiro atoms. The van der Waals surface area contributed by atoms with E-state index in [0.29, 0.717) is 40.8 Å². The van der Waals surface area contributed by atoms with Gasteiger partial charge in [0.05, 0.1) is 0 Å². The van der Waals surface area contributed by atoms with E-state index in [4.69, 9.17) is 44.9 Å². The summed E-state index contributed by atoms with van der Waals surface area (Å²) in [7, 11) is 0. The molecular formula is C39H25N9. The Morgan fingerprint density at radius 1 is 0.167 bits per heavy atom. The van der Waals surface area contributed by atoms with Gasteiger partial charge in [-0.1, -0.05) is 152 Å². The van der Waals surface area contributed by atoms with Gasteiger partial charge in [0.2, 0.25) is 23.3 Å². The van der Waals surface area contributed by atoms with Gasteiger partial charge in [-0.3, -0.25) is 0 Å². The van der Waals surface area contributed by atoms with Gasteiger partial charge in [-0.15, -0.1) is 0 Å². The highest BCUT2D eigenvalue weighted by molar-refractivity contribution is 5.68. The van der Waals surface area contributed by atoms with Crippen LogP contribution < -0.4 is 0 Å². The quantitative estimate of drug-likeness (QED) is 0.175. The Balaban J connectivity index is 1.36. The monoisotopic (exact) mass is 619 g/mol. The highest BCUT2D eigenvalue weighted by atomic mass is 15.1.